The molecule has 0 aliphatic carbocycles. The van der Waals surface area contributed by atoms with Crippen molar-refractivity contribution in [3.05, 3.63) is 47.7 Å². The fraction of sp³-hybridized carbons (Fsp3) is 0.267. The second kappa shape index (κ2) is 6.41. The second-order valence-electron chi connectivity index (χ2n) is 4.96. The van der Waals surface area contributed by atoms with Crippen LogP contribution in [0.2, 0.25) is 0 Å². The quantitative estimate of drug-likeness (QED) is 0.830. The molecule has 0 unspecified atom stereocenters. The predicted octanol–water partition coefficient (Wildman–Crippen LogP) is 2.38. The Morgan fingerprint density at radius 3 is 2.81 bits per heavy atom. The van der Waals surface area contributed by atoms with Gasteiger partial charge < -0.3 is 15.5 Å². The van der Waals surface area contributed by atoms with Crippen molar-refractivity contribution in [2.45, 2.75) is 13.5 Å². The van der Waals surface area contributed by atoms with Crippen LogP contribution in [0, 0.1) is 12.7 Å². The maximum absolute atomic E-state index is 13.0. The van der Waals surface area contributed by atoms with Crippen LogP contribution in [0.4, 0.5) is 15.8 Å². The van der Waals surface area contributed by atoms with Gasteiger partial charge in [0.1, 0.15) is 11.6 Å². The van der Waals surface area contributed by atoms with Gasteiger partial charge in [-0.05, 0) is 38.2 Å². The zero-order valence-corrected chi connectivity index (χ0v) is 12.0. The maximum Gasteiger partial charge on any atom is 0.238 e. The second-order valence-corrected chi connectivity index (χ2v) is 4.96. The third kappa shape index (κ3) is 4.06. The Labute approximate surface area is 122 Å². The molecule has 0 bridgehead atoms. The Hall–Kier alpha value is -2.34. The van der Waals surface area contributed by atoms with Crippen molar-refractivity contribution < 1.29 is 13.6 Å². The van der Waals surface area contributed by atoms with Gasteiger partial charge in [0.15, 0.2) is 0 Å². The number of nitrogens with one attached hydrogen (secondary N) is 1. The first-order valence-electron chi connectivity index (χ1n) is 6.52. The number of hydrogen-bond donors (Lipinski definition) is 2. The van der Waals surface area contributed by atoms with Crippen LogP contribution in [0.5, 0.6) is 0 Å². The molecule has 5 nitrogen and oxygen atoms in total. The summed E-state index contributed by atoms with van der Waals surface area (Å²) < 4.78 is 18.3. The van der Waals surface area contributed by atoms with E-state index in [1.807, 2.05) is 24.9 Å². The van der Waals surface area contributed by atoms with Crippen LogP contribution in [0.1, 0.15) is 11.3 Å². The van der Waals surface area contributed by atoms with E-state index in [4.69, 9.17) is 10.2 Å². The molecule has 3 N–H and O–H groups in total. The number of halogens is 1. The van der Waals surface area contributed by atoms with Gasteiger partial charge in [0.05, 0.1) is 18.5 Å². The van der Waals surface area contributed by atoms with Crippen LogP contribution >= 0.6 is 0 Å². The highest BCUT2D eigenvalue weighted by Crippen LogP contribution is 2.16. The lowest BCUT2D eigenvalue weighted by Gasteiger charge is -2.16. The molecule has 1 aromatic carbocycles. The topological polar surface area (TPSA) is 71.5 Å². The molecule has 0 aliphatic heterocycles. The van der Waals surface area contributed by atoms with Crippen LogP contribution in [0.25, 0.3) is 0 Å². The molecule has 2 rings (SSSR count). The van der Waals surface area contributed by atoms with Gasteiger partial charge in [-0.3, -0.25) is 9.69 Å². The van der Waals surface area contributed by atoms with Gasteiger partial charge in [0.2, 0.25) is 5.91 Å². The molecule has 0 radical (unpaired) electrons. The van der Waals surface area contributed by atoms with Crippen molar-refractivity contribution in [3.8, 4) is 0 Å². The number of benzene rings is 1. The molecular formula is C15H18FN3O2. The Morgan fingerprint density at radius 2 is 2.19 bits per heavy atom. The van der Waals surface area contributed by atoms with Crippen molar-refractivity contribution in [1.29, 1.82) is 0 Å². The smallest absolute Gasteiger partial charge is 0.238 e. The predicted molar refractivity (Wildman–Crippen MR) is 79.2 cm³/mol. The molecule has 112 valence electrons. The number of carbonyl (C=O) groups excluding carboxylic acids is 1. The van der Waals surface area contributed by atoms with Crippen LogP contribution in [-0.4, -0.2) is 24.4 Å². The Balaban J connectivity index is 1.89. The number of carbonyl (C=O) groups is 1. The van der Waals surface area contributed by atoms with E-state index in [-0.39, 0.29) is 18.1 Å². The van der Waals surface area contributed by atoms with Crippen molar-refractivity contribution in [1.82, 2.24) is 4.90 Å². The van der Waals surface area contributed by atoms with E-state index in [1.54, 1.807) is 6.26 Å². The summed E-state index contributed by atoms with van der Waals surface area (Å²) in [6, 6.07) is 5.98. The van der Waals surface area contributed by atoms with Gasteiger partial charge in [-0.15, -0.1) is 0 Å². The third-order valence-corrected chi connectivity index (χ3v) is 3.10. The zero-order valence-electron chi connectivity index (χ0n) is 12.0. The number of nitrogens with zero attached hydrogens (tertiary/aromatic N) is 1. The van der Waals surface area contributed by atoms with Crippen LogP contribution in [-0.2, 0) is 11.3 Å². The number of anilines is 2. The lowest BCUT2D eigenvalue weighted by Crippen LogP contribution is -2.29. The summed E-state index contributed by atoms with van der Waals surface area (Å²) in [4.78, 5) is 13.8. The number of nitrogens with two attached hydrogens (primary N) is 1. The van der Waals surface area contributed by atoms with Gasteiger partial charge in [0, 0.05) is 17.8 Å². The highest BCUT2D eigenvalue weighted by atomic mass is 19.1. The molecule has 1 aromatic heterocycles. The number of rotatable bonds is 5. The molecule has 0 saturated heterocycles. The summed E-state index contributed by atoms with van der Waals surface area (Å²) in [7, 11) is 1.84. The Morgan fingerprint density at radius 1 is 1.43 bits per heavy atom. The monoisotopic (exact) mass is 291 g/mol. The van der Waals surface area contributed by atoms with E-state index >= 15 is 0 Å². The molecule has 0 atom stereocenters. The highest BCUT2D eigenvalue weighted by Gasteiger charge is 2.10. The zero-order chi connectivity index (χ0) is 15.4. The van der Waals surface area contributed by atoms with E-state index < -0.39 is 5.82 Å². The van der Waals surface area contributed by atoms with Crippen molar-refractivity contribution >= 4 is 17.3 Å². The normalized spacial score (nSPS) is 10.9. The van der Waals surface area contributed by atoms with Crippen LogP contribution in [0.15, 0.2) is 34.9 Å². The van der Waals surface area contributed by atoms with Gasteiger partial charge in [-0.25, -0.2) is 4.39 Å². The number of likely N-dealkylation sites (N-methyl/N-ethyl adjacent to an activating group) is 1. The van der Waals surface area contributed by atoms with Gasteiger partial charge in [0.25, 0.3) is 0 Å². The molecule has 0 aliphatic rings. The molecule has 21 heavy (non-hydrogen) atoms. The minimum absolute atomic E-state index is 0.00942. The maximum atomic E-state index is 13.0. The lowest BCUT2D eigenvalue weighted by atomic mass is 10.2. The van der Waals surface area contributed by atoms with E-state index in [2.05, 4.69) is 5.32 Å². The Bertz CT molecular complexity index is 640. The first-order valence-corrected chi connectivity index (χ1v) is 6.52. The summed E-state index contributed by atoms with van der Waals surface area (Å²) in [5.74, 6) is 0.152. The first kappa shape index (κ1) is 15.1. The largest absolute Gasteiger partial charge is 0.469 e. The lowest BCUT2D eigenvalue weighted by molar-refractivity contribution is -0.117. The number of nitrogen functional groups attached to an aromatic ring is 1. The molecule has 1 amide bonds. The summed E-state index contributed by atoms with van der Waals surface area (Å²) >= 11 is 0. The average Bonchev–Trinajstić information content (AvgIpc) is 2.79. The van der Waals surface area contributed by atoms with Crippen LogP contribution in [0.3, 0.4) is 0 Å². The van der Waals surface area contributed by atoms with Crippen LogP contribution < -0.4 is 11.1 Å². The fourth-order valence-corrected chi connectivity index (χ4v) is 1.99. The number of furan rings is 1. The van der Waals surface area contributed by atoms with E-state index in [1.165, 1.54) is 18.2 Å². The third-order valence-electron chi connectivity index (χ3n) is 3.10. The van der Waals surface area contributed by atoms with Crippen molar-refractivity contribution in [2.24, 2.45) is 0 Å². The van der Waals surface area contributed by atoms with E-state index in [0.29, 0.717) is 12.2 Å². The molecular weight excluding hydrogens is 273 g/mol. The fourth-order valence-electron chi connectivity index (χ4n) is 1.99. The average molecular weight is 291 g/mol. The first-order chi connectivity index (χ1) is 9.95. The molecule has 0 spiro atoms. The summed E-state index contributed by atoms with van der Waals surface area (Å²) in [5, 5.41) is 2.68. The van der Waals surface area contributed by atoms with Gasteiger partial charge in [-0.1, -0.05) is 0 Å². The molecule has 2 aromatic rings. The Kier molecular flexibility index (Phi) is 4.59. The van der Waals surface area contributed by atoms with Gasteiger partial charge in [-0.2, -0.15) is 0 Å². The van der Waals surface area contributed by atoms with Gasteiger partial charge >= 0.3 is 0 Å². The van der Waals surface area contributed by atoms with Crippen molar-refractivity contribution in [2.75, 3.05) is 24.6 Å². The minimum atomic E-state index is -0.499. The van der Waals surface area contributed by atoms with Crippen molar-refractivity contribution in [3.63, 3.8) is 0 Å². The minimum Gasteiger partial charge on any atom is -0.469 e. The molecule has 6 heteroatoms. The SMILES string of the molecule is Cc1occc1CN(C)CC(=O)Nc1ccc(F)c(N)c1. The molecule has 0 saturated carbocycles. The molecule has 1 heterocycles. The highest BCUT2D eigenvalue weighted by molar-refractivity contribution is 5.92. The summed E-state index contributed by atoms with van der Waals surface area (Å²) in [6.45, 7) is 2.70. The number of hydrogen-bond acceptors (Lipinski definition) is 4. The number of amides is 1. The molecule has 0 fully saturated rings. The standard InChI is InChI=1S/C15H18FN3O2/c1-10-11(5-6-21-10)8-19(2)9-15(20)18-12-3-4-13(16)14(17)7-12/h3-7H,8-9,17H2,1-2H3,(H,18,20). The summed E-state index contributed by atoms with van der Waals surface area (Å²) in [6.07, 6.45) is 1.62. The number of aryl methyl sites for hydroxylation is 1. The van der Waals surface area contributed by atoms with E-state index in [9.17, 15) is 9.18 Å². The summed E-state index contributed by atoms with van der Waals surface area (Å²) in [5.41, 5.74) is 6.98. The van der Waals surface area contributed by atoms with E-state index in [0.717, 1.165) is 11.3 Å².